The van der Waals surface area contributed by atoms with Crippen LogP contribution in [0.4, 0.5) is 0 Å². The van der Waals surface area contributed by atoms with Crippen molar-refractivity contribution in [1.29, 1.82) is 0 Å². The number of rotatable bonds is 2. The third kappa shape index (κ3) is 3.18. The molecule has 1 aliphatic heterocycles. The second-order valence-corrected chi connectivity index (χ2v) is 4.73. The first kappa shape index (κ1) is 8.96. The van der Waals surface area contributed by atoms with Crippen molar-refractivity contribution in [3.05, 3.63) is 7.05 Å². The highest BCUT2D eigenvalue weighted by molar-refractivity contribution is 7.88. The molecule has 1 aliphatic rings. The smallest absolute Gasteiger partial charge is 0.208 e. The van der Waals surface area contributed by atoms with Crippen LogP contribution in [-0.2, 0) is 10.0 Å². The quantitative estimate of drug-likeness (QED) is 0.573. The van der Waals surface area contributed by atoms with Gasteiger partial charge in [0.1, 0.15) is 0 Å². The zero-order valence-corrected chi connectivity index (χ0v) is 7.39. The van der Waals surface area contributed by atoms with Gasteiger partial charge in [0.25, 0.3) is 0 Å². The second-order valence-electron chi connectivity index (χ2n) is 2.95. The monoisotopic (exact) mass is 177 g/mol. The molecule has 1 fully saturated rings. The topological polar surface area (TPSA) is 49.4 Å². The van der Waals surface area contributed by atoms with Crippen LogP contribution in [0, 0.1) is 7.05 Å². The van der Waals surface area contributed by atoms with Gasteiger partial charge >= 0.3 is 0 Å². The Kier molecular flexibility index (Phi) is 2.51. The van der Waals surface area contributed by atoms with E-state index in [4.69, 9.17) is 0 Å². The molecule has 0 aromatic rings. The van der Waals surface area contributed by atoms with E-state index in [0.717, 1.165) is 13.0 Å². The number of likely N-dealkylation sites (tertiary alicyclic amines) is 1. The van der Waals surface area contributed by atoms with Crippen molar-refractivity contribution in [2.75, 3.05) is 19.3 Å². The fraction of sp³-hybridized carbons (Fsp3) is 0.833. The van der Waals surface area contributed by atoms with Gasteiger partial charge in [0, 0.05) is 6.04 Å². The minimum atomic E-state index is -3.04. The van der Waals surface area contributed by atoms with E-state index in [1.54, 1.807) is 0 Å². The Morgan fingerprint density at radius 2 is 2.27 bits per heavy atom. The normalized spacial score (nSPS) is 27.6. The highest BCUT2D eigenvalue weighted by atomic mass is 32.2. The minimum Gasteiger partial charge on any atom is -0.458 e. The Bertz CT molecular complexity index is 225. The summed E-state index contributed by atoms with van der Waals surface area (Å²) in [7, 11) is 0.681. The predicted molar refractivity (Wildman–Crippen MR) is 43.3 cm³/mol. The largest absolute Gasteiger partial charge is 0.458 e. The third-order valence-corrected chi connectivity index (χ3v) is 2.41. The van der Waals surface area contributed by atoms with E-state index in [1.807, 2.05) is 4.90 Å². The number of hydrogen-bond donors (Lipinski definition) is 1. The molecule has 1 saturated heterocycles. The molecular formula is C6H13N2O2S-. The molecule has 0 aromatic heterocycles. The van der Waals surface area contributed by atoms with Gasteiger partial charge < -0.3 is 4.90 Å². The lowest BCUT2D eigenvalue weighted by atomic mass is 10.3. The summed E-state index contributed by atoms with van der Waals surface area (Å²) >= 11 is 0. The Hall–Kier alpha value is -0.130. The summed E-state index contributed by atoms with van der Waals surface area (Å²) in [5.41, 5.74) is 0. The zero-order chi connectivity index (χ0) is 8.48. The lowest BCUT2D eigenvalue weighted by Gasteiger charge is -2.16. The number of nitrogens with one attached hydrogen (secondary N) is 1. The van der Waals surface area contributed by atoms with Crippen molar-refractivity contribution in [2.24, 2.45) is 0 Å². The maximum atomic E-state index is 10.7. The average molecular weight is 177 g/mol. The van der Waals surface area contributed by atoms with Crippen LogP contribution >= 0.6 is 0 Å². The SMILES string of the molecule is [CH2-]N1CCC(NS(C)(=O)=O)C1. The van der Waals surface area contributed by atoms with Crippen LogP contribution in [0.1, 0.15) is 6.42 Å². The fourth-order valence-electron chi connectivity index (χ4n) is 1.23. The van der Waals surface area contributed by atoms with Crippen LogP contribution in [0.15, 0.2) is 0 Å². The van der Waals surface area contributed by atoms with Crippen molar-refractivity contribution in [2.45, 2.75) is 12.5 Å². The molecule has 1 N–H and O–H groups in total. The standard InChI is InChI=1S/C6H13N2O2S/c1-8-4-3-6(5-8)7-11(2,9)10/h6-7H,1,3-5H2,2H3/q-1. The second kappa shape index (κ2) is 3.08. The number of hydrogen-bond acceptors (Lipinski definition) is 3. The van der Waals surface area contributed by atoms with Gasteiger partial charge in [-0.1, -0.05) is 0 Å². The number of nitrogens with zero attached hydrogens (tertiary/aromatic N) is 1. The van der Waals surface area contributed by atoms with Gasteiger partial charge in [-0.15, -0.1) is 0 Å². The summed E-state index contributed by atoms with van der Waals surface area (Å²) in [6.07, 6.45) is 2.04. The van der Waals surface area contributed by atoms with Gasteiger partial charge in [-0.2, -0.15) is 0 Å². The molecule has 0 aliphatic carbocycles. The molecule has 11 heavy (non-hydrogen) atoms. The van der Waals surface area contributed by atoms with Gasteiger partial charge in [0.05, 0.1) is 6.26 Å². The summed E-state index contributed by atoms with van der Waals surface area (Å²) in [4.78, 5) is 1.86. The summed E-state index contributed by atoms with van der Waals surface area (Å²) in [5, 5.41) is 0. The molecule has 1 unspecified atom stereocenters. The van der Waals surface area contributed by atoms with E-state index in [2.05, 4.69) is 11.8 Å². The lowest BCUT2D eigenvalue weighted by molar-refractivity contribution is 0.448. The summed E-state index contributed by atoms with van der Waals surface area (Å²) in [5.74, 6) is 0. The predicted octanol–water partition coefficient (Wildman–Crippen LogP) is -0.599. The molecule has 0 amide bonds. The molecule has 0 saturated carbocycles. The van der Waals surface area contributed by atoms with Gasteiger partial charge in [-0.25, -0.2) is 13.1 Å². The van der Waals surface area contributed by atoms with E-state index in [0.29, 0.717) is 6.54 Å². The van der Waals surface area contributed by atoms with Crippen LogP contribution in [0.25, 0.3) is 0 Å². The van der Waals surface area contributed by atoms with Gasteiger partial charge in [0.2, 0.25) is 10.0 Å². The van der Waals surface area contributed by atoms with Crippen LogP contribution < -0.4 is 4.72 Å². The third-order valence-electron chi connectivity index (χ3n) is 1.65. The van der Waals surface area contributed by atoms with Crippen molar-refractivity contribution in [1.82, 2.24) is 9.62 Å². The van der Waals surface area contributed by atoms with E-state index in [9.17, 15) is 8.42 Å². The molecule has 5 heteroatoms. The molecule has 0 radical (unpaired) electrons. The van der Waals surface area contributed by atoms with Gasteiger partial charge in [0.15, 0.2) is 0 Å². The molecule has 1 heterocycles. The summed E-state index contributed by atoms with van der Waals surface area (Å²) in [6.45, 7) is 1.58. The maximum Gasteiger partial charge on any atom is 0.208 e. The summed E-state index contributed by atoms with van der Waals surface area (Å²) in [6, 6.07) is 0.0579. The van der Waals surface area contributed by atoms with Crippen LogP contribution in [0.5, 0.6) is 0 Å². The molecular weight excluding hydrogens is 164 g/mol. The highest BCUT2D eigenvalue weighted by Gasteiger charge is 2.18. The van der Waals surface area contributed by atoms with Crippen LogP contribution in [0.2, 0.25) is 0 Å². The Morgan fingerprint density at radius 1 is 1.64 bits per heavy atom. The Labute approximate surface area is 67.6 Å². The molecule has 1 atom stereocenters. The van der Waals surface area contributed by atoms with Gasteiger partial charge in [-0.05, 0) is 19.5 Å². The Morgan fingerprint density at radius 3 is 2.64 bits per heavy atom. The van der Waals surface area contributed by atoms with Crippen molar-refractivity contribution in [3.8, 4) is 0 Å². The van der Waals surface area contributed by atoms with Crippen LogP contribution in [-0.4, -0.2) is 38.7 Å². The summed E-state index contributed by atoms with van der Waals surface area (Å²) < 4.78 is 24.0. The molecule has 0 bridgehead atoms. The van der Waals surface area contributed by atoms with E-state index in [1.165, 1.54) is 6.26 Å². The molecule has 66 valence electrons. The lowest BCUT2D eigenvalue weighted by Crippen LogP contribution is -2.35. The van der Waals surface area contributed by atoms with Crippen LogP contribution in [0.3, 0.4) is 0 Å². The van der Waals surface area contributed by atoms with E-state index >= 15 is 0 Å². The Balaban J connectivity index is 2.41. The first-order valence-corrected chi connectivity index (χ1v) is 5.39. The highest BCUT2D eigenvalue weighted by Crippen LogP contribution is 2.07. The first-order valence-electron chi connectivity index (χ1n) is 3.50. The van der Waals surface area contributed by atoms with Crippen molar-refractivity contribution >= 4 is 10.0 Å². The minimum absolute atomic E-state index is 0.0579. The van der Waals surface area contributed by atoms with Gasteiger partial charge in [-0.3, -0.25) is 7.05 Å². The van der Waals surface area contributed by atoms with E-state index in [-0.39, 0.29) is 6.04 Å². The molecule has 0 aromatic carbocycles. The molecule has 0 spiro atoms. The maximum absolute atomic E-state index is 10.7. The van der Waals surface area contributed by atoms with Crippen molar-refractivity contribution in [3.63, 3.8) is 0 Å². The van der Waals surface area contributed by atoms with Crippen molar-refractivity contribution < 1.29 is 8.42 Å². The fourth-order valence-corrected chi connectivity index (χ4v) is 2.03. The molecule has 1 rings (SSSR count). The van der Waals surface area contributed by atoms with E-state index < -0.39 is 10.0 Å². The number of sulfonamides is 1. The molecule has 4 nitrogen and oxygen atoms in total. The first-order chi connectivity index (χ1) is 4.97. The average Bonchev–Trinajstić information content (AvgIpc) is 2.10. The zero-order valence-electron chi connectivity index (χ0n) is 6.58.